The largest absolute Gasteiger partial charge is 0.343 e. The van der Waals surface area contributed by atoms with Crippen molar-refractivity contribution in [2.45, 2.75) is 13.5 Å². The number of hydrogen-bond acceptors (Lipinski definition) is 1. The summed E-state index contributed by atoms with van der Waals surface area (Å²) in [5.41, 5.74) is 3.16. The molecule has 0 radical (unpaired) electrons. The van der Waals surface area contributed by atoms with Crippen molar-refractivity contribution in [2.24, 2.45) is 7.05 Å². The van der Waals surface area contributed by atoms with Gasteiger partial charge in [-0.15, -0.1) is 0 Å². The van der Waals surface area contributed by atoms with Crippen LogP contribution in [0, 0.1) is 6.92 Å². The SMILES string of the molecule is Cc1nn(C)c(Cl)c1Cn1ccc2cc(Cl)ccc21. The number of hydrogen-bond donors (Lipinski definition) is 0. The summed E-state index contributed by atoms with van der Waals surface area (Å²) in [6, 6.07) is 7.95. The molecule has 0 aliphatic rings. The van der Waals surface area contributed by atoms with Crippen molar-refractivity contribution < 1.29 is 0 Å². The Morgan fingerprint density at radius 1 is 1.21 bits per heavy atom. The van der Waals surface area contributed by atoms with E-state index >= 15 is 0 Å². The first kappa shape index (κ1) is 12.6. The van der Waals surface area contributed by atoms with Gasteiger partial charge in [0.1, 0.15) is 5.15 Å². The number of aryl methyl sites for hydroxylation is 2. The summed E-state index contributed by atoms with van der Waals surface area (Å²) >= 11 is 12.3. The molecular formula is C14H13Cl2N3. The van der Waals surface area contributed by atoms with Gasteiger partial charge in [0, 0.05) is 34.7 Å². The second-order valence-corrected chi connectivity index (χ2v) is 5.42. The first-order chi connectivity index (χ1) is 9.06. The predicted octanol–water partition coefficient (Wildman–Crippen LogP) is 4.04. The van der Waals surface area contributed by atoms with Crippen molar-refractivity contribution in [3.05, 3.63) is 51.9 Å². The molecule has 3 rings (SSSR count). The molecule has 98 valence electrons. The Bertz CT molecular complexity index is 755. The van der Waals surface area contributed by atoms with E-state index in [2.05, 4.69) is 15.7 Å². The monoisotopic (exact) mass is 293 g/mol. The van der Waals surface area contributed by atoms with Gasteiger partial charge in [-0.3, -0.25) is 4.68 Å². The zero-order chi connectivity index (χ0) is 13.6. The lowest BCUT2D eigenvalue weighted by molar-refractivity contribution is 0.757. The van der Waals surface area contributed by atoms with E-state index in [9.17, 15) is 0 Å². The normalized spacial score (nSPS) is 11.4. The summed E-state index contributed by atoms with van der Waals surface area (Å²) in [6.07, 6.45) is 2.05. The second kappa shape index (κ2) is 4.58. The van der Waals surface area contributed by atoms with Crippen LogP contribution >= 0.6 is 23.2 Å². The van der Waals surface area contributed by atoms with Gasteiger partial charge >= 0.3 is 0 Å². The van der Waals surface area contributed by atoms with E-state index in [0.717, 1.165) is 27.2 Å². The fraction of sp³-hybridized carbons (Fsp3) is 0.214. The summed E-state index contributed by atoms with van der Waals surface area (Å²) in [7, 11) is 1.85. The van der Waals surface area contributed by atoms with Crippen molar-refractivity contribution in [3.63, 3.8) is 0 Å². The lowest BCUT2D eigenvalue weighted by atomic mass is 10.2. The molecule has 0 aliphatic carbocycles. The van der Waals surface area contributed by atoms with Crippen molar-refractivity contribution in [2.75, 3.05) is 0 Å². The van der Waals surface area contributed by atoms with Gasteiger partial charge in [-0.25, -0.2) is 0 Å². The van der Waals surface area contributed by atoms with Gasteiger partial charge in [0.05, 0.1) is 12.2 Å². The molecule has 0 unspecified atom stereocenters. The summed E-state index contributed by atoms with van der Waals surface area (Å²) in [4.78, 5) is 0. The summed E-state index contributed by atoms with van der Waals surface area (Å²) in [6.45, 7) is 2.69. The molecule has 2 heterocycles. The first-order valence-corrected chi connectivity index (χ1v) is 6.74. The van der Waals surface area contributed by atoms with Gasteiger partial charge in [-0.2, -0.15) is 5.10 Å². The van der Waals surface area contributed by atoms with Crippen LogP contribution in [0.1, 0.15) is 11.3 Å². The van der Waals surface area contributed by atoms with Crippen LogP contribution < -0.4 is 0 Å². The van der Waals surface area contributed by atoms with Gasteiger partial charge in [0.2, 0.25) is 0 Å². The highest BCUT2D eigenvalue weighted by Crippen LogP contribution is 2.24. The molecule has 0 saturated heterocycles. The molecular weight excluding hydrogens is 281 g/mol. The zero-order valence-electron chi connectivity index (χ0n) is 10.7. The minimum absolute atomic E-state index is 0.688. The van der Waals surface area contributed by atoms with Crippen LogP contribution in [0.25, 0.3) is 10.9 Å². The number of halogens is 2. The smallest absolute Gasteiger partial charge is 0.131 e. The molecule has 19 heavy (non-hydrogen) atoms. The minimum Gasteiger partial charge on any atom is -0.343 e. The Kier molecular flexibility index (Phi) is 3.03. The predicted molar refractivity (Wildman–Crippen MR) is 79.0 cm³/mol. The molecule has 1 aromatic carbocycles. The third-order valence-electron chi connectivity index (χ3n) is 3.33. The van der Waals surface area contributed by atoms with Crippen molar-refractivity contribution >= 4 is 34.1 Å². The Morgan fingerprint density at radius 3 is 2.68 bits per heavy atom. The molecule has 0 amide bonds. The first-order valence-electron chi connectivity index (χ1n) is 5.98. The van der Waals surface area contributed by atoms with Gasteiger partial charge in [-0.05, 0) is 31.2 Å². The van der Waals surface area contributed by atoms with E-state index in [0.29, 0.717) is 11.7 Å². The molecule has 3 nitrogen and oxygen atoms in total. The molecule has 0 atom stereocenters. The molecule has 0 fully saturated rings. The van der Waals surface area contributed by atoms with Gasteiger partial charge < -0.3 is 4.57 Å². The van der Waals surface area contributed by atoms with Crippen LogP contribution in [0.4, 0.5) is 0 Å². The van der Waals surface area contributed by atoms with E-state index < -0.39 is 0 Å². The maximum atomic E-state index is 6.27. The van der Waals surface area contributed by atoms with Crippen molar-refractivity contribution in [1.29, 1.82) is 0 Å². The number of benzene rings is 1. The Labute approximate surface area is 121 Å². The summed E-state index contributed by atoms with van der Waals surface area (Å²) < 4.78 is 3.86. The summed E-state index contributed by atoms with van der Waals surface area (Å²) in [5, 5.41) is 6.90. The van der Waals surface area contributed by atoms with Crippen molar-refractivity contribution in [3.8, 4) is 0 Å². The second-order valence-electron chi connectivity index (χ2n) is 4.63. The molecule has 0 bridgehead atoms. The number of aromatic nitrogens is 3. The highest BCUT2D eigenvalue weighted by Gasteiger charge is 2.12. The Balaban J connectivity index is 2.06. The van der Waals surface area contributed by atoms with Crippen LogP contribution in [-0.2, 0) is 13.6 Å². The molecule has 0 aliphatic heterocycles. The molecule has 0 saturated carbocycles. The van der Waals surface area contributed by atoms with E-state index in [1.54, 1.807) is 4.68 Å². The highest BCUT2D eigenvalue weighted by molar-refractivity contribution is 6.31. The molecule has 0 N–H and O–H groups in total. The van der Waals surface area contributed by atoms with Crippen LogP contribution in [0.15, 0.2) is 30.5 Å². The van der Waals surface area contributed by atoms with Gasteiger partial charge in [0.15, 0.2) is 0 Å². The van der Waals surface area contributed by atoms with Gasteiger partial charge in [0.25, 0.3) is 0 Å². The molecule has 3 aromatic rings. The molecule has 0 spiro atoms. The third kappa shape index (κ3) is 2.13. The van der Waals surface area contributed by atoms with Gasteiger partial charge in [-0.1, -0.05) is 23.2 Å². The number of nitrogens with zero attached hydrogens (tertiary/aromatic N) is 3. The van der Waals surface area contributed by atoms with Crippen LogP contribution in [0.2, 0.25) is 10.2 Å². The maximum absolute atomic E-state index is 6.27. The van der Waals surface area contributed by atoms with Crippen LogP contribution in [0.3, 0.4) is 0 Å². The maximum Gasteiger partial charge on any atom is 0.131 e. The minimum atomic E-state index is 0.688. The lowest BCUT2D eigenvalue weighted by Gasteiger charge is -2.05. The number of rotatable bonds is 2. The zero-order valence-corrected chi connectivity index (χ0v) is 12.2. The molecule has 5 heteroatoms. The van der Waals surface area contributed by atoms with E-state index in [-0.39, 0.29) is 0 Å². The van der Waals surface area contributed by atoms with E-state index in [1.165, 1.54) is 0 Å². The van der Waals surface area contributed by atoms with E-state index in [4.69, 9.17) is 23.2 Å². The third-order valence-corrected chi connectivity index (χ3v) is 4.04. The quantitative estimate of drug-likeness (QED) is 0.699. The average molecular weight is 294 g/mol. The van der Waals surface area contributed by atoms with Crippen LogP contribution in [-0.4, -0.2) is 14.3 Å². The highest BCUT2D eigenvalue weighted by atomic mass is 35.5. The van der Waals surface area contributed by atoms with E-state index in [1.807, 2.05) is 38.4 Å². The average Bonchev–Trinajstić information content (AvgIpc) is 2.86. The lowest BCUT2D eigenvalue weighted by Crippen LogP contribution is -1.99. The van der Waals surface area contributed by atoms with Crippen molar-refractivity contribution in [1.82, 2.24) is 14.3 Å². The fourth-order valence-electron chi connectivity index (χ4n) is 2.33. The number of fused-ring (bicyclic) bond motifs is 1. The summed E-state index contributed by atoms with van der Waals surface area (Å²) in [5.74, 6) is 0. The topological polar surface area (TPSA) is 22.8 Å². The Morgan fingerprint density at radius 2 is 2.00 bits per heavy atom. The standard InChI is InChI=1S/C14H13Cl2N3/c1-9-12(14(16)18(2)17-9)8-19-6-5-10-7-11(15)3-4-13(10)19/h3-7H,8H2,1-2H3. The fourth-order valence-corrected chi connectivity index (χ4v) is 2.75. The van der Waals surface area contributed by atoms with Crippen LogP contribution in [0.5, 0.6) is 0 Å². The Hall–Kier alpha value is -1.45. The molecule has 2 aromatic heterocycles.